The van der Waals surface area contributed by atoms with E-state index in [0.717, 1.165) is 17.7 Å². The van der Waals surface area contributed by atoms with Gasteiger partial charge in [-0.1, -0.05) is 51.1 Å². The van der Waals surface area contributed by atoms with E-state index in [1.54, 1.807) is 4.90 Å². The van der Waals surface area contributed by atoms with Gasteiger partial charge in [0.2, 0.25) is 0 Å². The van der Waals surface area contributed by atoms with Crippen LogP contribution in [0.2, 0.25) is 18.1 Å². The maximum absolute atomic E-state index is 12.7. The van der Waals surface area contributed by atoms with Crippen molar-refractivity contribution in [3.05, 3.63) is 42.0 Å². The molecular weight excluding hydrogens is 354 g/mol. The molecule has 0 radical (unpaired) electrons. The zero-order valence-electron chi connectivity index (χ0n) is 18.1. The highest BCUT2D eigenvalue weighted by molar-refractivity contribution is 6.74. The molecule has 27 heavy (non-hydrogen) atoms. The van der Waals surface area contributed by atoms with E-state index >= 15 is 0 Å². The lowest BCUT2D eigenvalue weighted by Gasteiger charge is -2.39. The first-order valence-electron chi connectivity index (χ1n) is 9.73. The van der Waals surface area contributed by atoms with Gasteiger partial charge in [-0.05, 0) is 50.5 Å². The highest BCUT2D eigenvalue weighted by Gasteiger charge is 2.39. The average molecular weight is 390 g/mol. The number of fused-ring (bicyclic) bond motifs is 1. The van der Waals surface area contributed by atoms with Crippen LogP contribution in [0.15, 0.2) is 36.4 Å². The van der Waals surface area contributed by atoms with Crippen molar-refractivity contribution in [1.29, 1.82) is 0 Å². The summed E-state index contributed by atoms with van der Waals surface area (Å²) < 4.78 is 12.2. The molecule has 1 unspecified atom stereocenters. The fourth-order valence-corrected chi connectivity index (χ4v) is 4.05. The number of ether oxygens (including phenoxy) is 1. The van der Waals surface area contributed by atoms with Crippen molar-refractivity contribution in [3.63, 3.8) is 0 Å². The van der Waals surface area contributed by atoms with Crippen molar-refractivity contribution < 1.29 is 14.0 Å². The first kappa shape index (κ1) is 21.7. The van der Waals surface area contributed by atoms with Crippen LogP contribution >= 0.6 is 0 Å². The van der Waals surface area contributed by atoms with E-state index in [4.69, 9.17) is 9.16 Å². The number of rotatable bonds is 2. The molecule has 0 aliphatic carbocycles. The molecule has 0 saturated heterocycles. The maximum atomic E-state index is 12.7. The second-order valence-electron chi connectivity index (χ2n) is 9.77. The number of anilines is 1. The number of benzene rings is 1. The topological polar surface area (TPSA) is 38.8 Å². The summed E-state index contributed by atoms with van der Waals surface area (Å²) in [5.41, 5.74) is 1.49. The van der Waals surface area contributed by atoms with Crippen LogP contribution in [0.4, 0.5) is 10.5 Å². The van der Waals surface area contributed by atoms with Crippen LogP contribution in [0.25, 0.3) is 0 Å². The van der Waals surface area contributed by atoms with E-state index in [1.165, 1.54) is 0 Å². The molecular formula is C22H35NO3Si. The molecule has 2 rings (SSSR count). The summed E-state index contributed by atoms with van der Waals surface area (Å²) in [6, 6.07) is 8.04. The van der Waals surface area contributed by atoms with Gasteiger partial charge in [-0.2, -0.15) is 0 Å². The zero-order valence-corrected chi connectivity index (χ0v) is 19.1. The third kappa shape index (κ3) is 5.69. The molecule has 1 aliphatic rings. The SMILES string of the molecule is CC(C)(C)OC(=O)N1C/C=C\C(O[Si](C)(C)C(C)(C)C)Cc2ccccc21. The maximum Gasteiger partial charge on any atom is 0.415 e. The first-order valence-corrected chi connectivity index (χ1v) is 12.6. The lowest BCUT2D eigenvalue weighted by Crippen LogP contribution is -2.44. The van der Waals surface area contributed by atoms with Crippen molar-refractivity contribution in [2.75, 3.05) is 11.4 Å². The van der Waals surface area contributed by atoms with E-state index in [1.807, 2.05) is 45.0 Å². The van der Waals surface area contributed by atoms with Gasteiger partial charge in [0, 0.05) is 13.0 Å². The number of carbonyl (C=O) groups is 1. The molecule has 0 aromatic heterocycles. The van der Waals surface area contributed by atoms with Gasteiger partial charge in [-0.3, -0.25) is 4.90 Å². The number of hydrogen-bond acceptors (Lipinski definition) is 3. The fourth-order valence-electron chi connectivity index (χ4n) is 2.77. The molecule has 0 spiro atoms. The lowest BCUT2D eigenvalue weighted by molar-refractivity contribution is 0.0583. The Labute approximate surface area is 165 Å². The lowest BCUT2D eigenvalue weighted by atomic mass is 10.0. The van der Waals surface area contributed by atoms with Crippen molar-refractivity contribution >= 4 is 20.1 Å². The molecule has 0 saturated carbocycles. The summed E-state index contributed by atoms with van der Waals surface area (Å²) >= 11 is 0. The van der Waals surface area contributed by atoms with Crippen LogP contribution in [-0.2, 0) is 15.6 Å². The molecule has 1 aromatic rings. The molecule has 1 amide bonds. The molecule has 1 aliphatic heterocycles. The molecule has 150 valence electrons. The van der Waals surface area contributed by atoms with Gasteiger partial charge in [0.1, 0.15) is 5.60 Å². The Morgan fingerprint density at radius 2 is 1.74 bits per heavy atom. The average Bonchev–Trinajstić information content (AvgIpc) is 2.46. The van der Waals surface area contributed by atoms with Gasteiger partial charge in [-0.25, -0.2) is 4.79 Å². The molecule has 0 fully saturated rings. The summed E-state index contributed by atoms with van der Waals surface area (Å²) in [6.45, 7) is 17.5. The summed E-state index contributed by atoms with van der Waals surface area (Å²) in [5, 5.41) is 0.158. The van der Waals surface area contributed by atoms with Gasteiger partial charge < -0.3 is 9.16 Å². The molecule has 5 heteroatoms. The molecule has 1 heterocycles. The van der Waals surface area contributed by atoms with E-state index < -0.39 is 13.9 Å². The van der Waals surface area contributed by atoms with E-state index in [9.17, 15) is 4.79 Å². The van der Waals surface area contributed by atoms with Gasteiger partial charge in [-0.15, -0.1) is 0 Å². The number of amides is 1. The van der Waals surface area contributed by atoms with Crippen molar-refractivity contribution in [1.82, 2.24) is 0 Å². The Morgan fingerprint density at radius 1 is 1.11 bits per heavy atom. The quantitative estimate of drug-likeness (QED) is 0.465. The van der Waals surface area contributed by atoms with Crippen molar-refractivity contribution in [2.45, 2.75) is 77.8 Å². The minimum Gasteiger partial charge on any atom is -0.443 e. The summed E-state index contributed by atoms with van der Waals surface area (Å²) in [7, 11) is -1.88. The molecule has 1 aromatic carbocycles. The third-order valence-corrected chi connectivity index (χ3v) is 9.71. The zero-order chi connectivity index (χ0) is 20.5. The summed E-state index contributed by atoms with van der Waals surface area (Å²) in [5.74, 6) is 0. The number of nitrogens with zero attached hydrogens (tertiary/aromatic N) is 1. The normalized spacial score (nSPS) is 19.7. The second kappa shape index (κ2) is 7.80. The second-order valence-corrected chi connectivity index (χ2v) is 14.5. The summed E-state index contributed by atoms with van der Waals surface area (Å²) in [6.07, 6.45) is 4.58. The molecule has 0 bridgehead atoms. The Hall–Kier alpha value is -1.59. The highest BCUT2D eigenvalue weighted by atomic mass is 28.4. The monoisotopic (exact) mass is 389 g/mol. The number of hydrogen-bond donors (Lipinski definition) is 0. The van der Waals surface area contributed by atoms with E-state index in [2.05, 4.69) is 46.0 Å². The van der Waals surface area contributed by atoms with Gasteiger partial charge in [0.15, 0.2) is 8.32 Å². The van der Waals surface area contributed by atoms with Crippen LogP contribution in [0.5, 0.6) is 0 Å². The Bertz CT molecular complexity index is 698. The first-order chi connectivity index (χ1) is 12.3. The standard InChI is InChI=1S/C22H35NO3Si/c1-21(2,3)25-20(24)23-15-11-13-18(26-27(7,8)22(4,5)6)16-17-12-9-10-14-19(17)23/h9-14,18H,15-16H2,1-8H3/b13-11-. The van der Waals surface area contributed by atoms with Crippen molar-refractivity contribution in [3.8, 4) is 0 Å². The fraction of sp³-hybridized carbons (Fsp3) is 0.591. The van der Waals surface area contributed by atoms with E-state index in [-0.39, 0.29) is 17.2 Å². The van der Waals surface area contributed by atoms with Gasteiger partial charge in [0.05, 0.1) is 11.8 Å². The van der Waals surface area contributed by atoms with Gasteiger partial charge in [0.25, 0.3) is 0 Å². The van der Waals surface area contributed by atoms with Crippen LogP contribution in [0.3, 0.4) is 0 Å². The van der Waals surface area contributed by atoms with Gasteiger partial charge >= 0.3 is 6.09 Å². The molecule has 1 atom stereocenters. The number of para-hydroxylation sites is 1. The van der Waals surface area contributed by atoms with Crippen LogP contribution < -0.4 is 4.90 Å². The summed E-state index contributed by atoms with van der Waals surface area (Å²) in [4.78, 5) is 14.4. The van der Waals surface area contributed by atoms with Crippen LogP contribution in [0, 0.1) is 0 Å². The number of carbonyl (C=O) groups excluding carboxylic acids is 1. The Morgan fingerprint density at radius 3 is 2.33 bits per heavy atom. The highest BCUT2D eigenvalue weighted by Crippen LogP contribution is 2.38. The Balaban J connectivity index is 2.29. The molecule has 0 N–H and O–H groups in total. The molecule has 4 nitrogen and oxygen atoms in total. The van der Waals surface area contributed by atoms with E-state index in [0.29, 0.717) is 6.54 Å². The smallest absolute Gasteiger partial charge is 0.415 e. The van der Waals surface area contributed by atoms with Crippen molar-refractivity contribution in [2.24, 2.45) is 0 Å². The predicted molar refractivity (Wildman–Crippen MR) is 115 cm³/mol. The third-order valence-electron chi connectivity index (χ3n) is 5.21. The van der Waals surface area contributed by atoms with Crippen LogP contribution in [-0.4, -0.2) is 32.7 Å². The predicted octanol–water partition coefficient (Wildman–Crippen LogP) is 5.93. The minimum atomic E-state index is -1.88. The largest absolute Gasteiger partial charge is 0.443 e. The minimum absolute atomic E-state index is 0.0211. The Kier molecular flexibility index (Phi) is 6.27. The van der Waals surface area contributed by atoms with Crippen LogP contribution in [0.1, 0.15) is 47.1 Å².